The molecule has 0 saturated heterocycles. The van der Waals surface area contributed by atoms with Crippen LogP contribution in [0, 0.1) is 6.92 Å². The minimum absolute atomic E-state index is 0.0967. The normalized spacial score (nSPS) is 11.9. The van der Waals surface area contributed by atoms with Crippen molar-refractivity contribution in [3.8, 4) is 23.0 Å². The Morgan fingerprint density at radius 1 is 1.10 bits per heavy atom. The third-order valence-corrected chi connectivity index (χ3v) is 5.23. The number of aromatic nitrogens is 1. The quantitative estimate of drug-likeness (QED) is 0.528. The van der Waals surface area contributed by atoms with Gasteiger partial charge in [0.15, 0.2) is 11.5 Å². The van der Waals surface area contributed by atoms with Crippen molar-refractivity contribution >= 4 is 17.2 Å². The number of nitrogens with one attached hydrogen (secondary N) is 1. The summed E-state index contributed by atoms with van der Waals surface area (Å²) in [6.45, 7) is 3.41. The fourth-order valence-electron chi connectivity index (χ4n) is 2.83. The monoisotopic (exact) mass is 426 g/mol. The third-order valence-electron chi connectivity index (χ3n) is 4.36. The lowest BCUT2D eigenvalue weighted by atomic mass is 10.2. The molecular weight excluding hydrogens is 404 g/mol. The van der Waals surface area contributed by atoms with Crippen LogP contribution in [0.2, 0.25) is 0 Å². The average molecular weight is 426 g/mol. The zero-order chi connectivity index (χ0) is 20.8. The molecule has 3 aromatic rings. The Kier molecular flexibility index (Phi) is 6.34. The molecule has 2 heterocycles. The van der Waals surface area contributed by atoms with Gasteiger partial charge in [0.1, 0.15) is 29.7 Å². The summed E-state index contributed by atoms with van der Waals surface area (Å²) >= 11 is 1.49. The van der Waals surface area contributed by atoms with Gasteiger partial charge in [-0.25, -0.2) is 4.98 Å². The number of amides is 1. The molecule has 7 nitrogen and oxygen atoms in total. The second-order valence-electron chi connectivity index (χ2n) is 6.72. The largest absolute Gasteiger partial charge is 0.492 e. The number of aryl methyl sites for hydroxylation is 1. The molecule has 4 rings (SSSR count). The maximum atomic E-state index is 12.1. The molecule has 1 aliphatic rings. The first-order valence-corrected chi connectivity index (χ1v) is 10.5. The standard InChI is InChI=1S/C22H22N2O5S/c1-15-2-4-17(5-3-15)27-12-22-24-16(13-30-22)10-21(25)23-8-9-26-18-6-7-19-20(11-18)29-14-28-19/h2-7,11,13H,8-10,12,14H2,1H3,(H,23,25). The molecule has 0 bridgehead atoms. The third kappa shape index (κ3) is 5.42. The number of benzene rings is 2. The molecule has 1 aromatic heterocycles. The molecule has 0 unspecified atom stereocenters. The summed E-state index contributed by atoms with van der Waals surface area (Å²) in [5.74, 6) is 2.76. The van der Waals surface area contributed by atoms with E-state index in [-0.39, 0.29) is 19.1 Å². The molecule has 0 atom stereocenters. The van der Waals surface area contributed by atoms with E-state index in [0.29, 0.717) is 37.0 Å². The number of thiazole rings is 1. The molecule has 156 valence electrons. The highest BCUT2D eigenvalue weighted by Crippen LogP contribution is 2.34. The molecular formula is C22H22N2O5S. The van der Waals surface area contributed by atoms with Gasteiger partial charge in [-0.15, -0.1) is 11.3 Å². The number of fused-ring (bicyclic) bond motifs is 1. The van der Waals surface area contributed by atoms with E-state index in [9.17, 15) is 4.79 Å². The van der Waals surface area contributed by atoms with Gasteiger partial charge >= 0.3 is 0 Å². The summed E-state index contributed by atoms with van der Waals surface area (Å²) < 4.78 is 21.9. The Balaban J connectivity index is 1.16. The van der Waals surface area contributed by atoms with E-state index in [2.05, 4.69) is 10.3 Å². The molecule has 0 aliphatic carbocycles. The predicted octanol–water partition coefficient (Wildman–Crippen LogP) is 3.50. The van der Waals surface area contributed by atoms with Crippen LogP contribution in [-0.4, -0.2) is 30.8 Å². The zero-order valence-electron chi connectivity index (χ0n) is 16.6. The number of ether oxygens (including phenoxy) is 4. The van der Waals surface area contributed by atoms with Crippen molar-refractivity contribution in [2.45, 2.75) is 20.0 Å². The average Bonchev–Trinajstić information content (AvgIpc) is 3.39. The molecule has 1 aliphatic heterocycles. The van der Waals surface area contributed by atoms with Crippen molar-refractivity contribution in [1.29, 1.82) is 0 Å². The topological polar surface area (TPSA) is 78.9 Å². The number of carbonyl (C=O) groups is 1. The summed E-state index contributed by atoms with van der Waals surface area (Å²) in [6.07, 6.45) is 0.227. The van der Waals surface area contributed by atoms with Crippen LogP contribution in [0.3, 0.4) is 0 Å². The zero-order valence-corrected chi connectivity index (χ0v) is 17.4. The van der Waals surface area contributed by atoms with E-state index < -0.39 is 0 Å². The number of carbonyl (C=O) groups excluding carboxylic acids is 1. The van der Waals surface area contributed by atoms with Crippen molar-refractivity contribution in [2.75, 3.05) is 19.9 Å². The van der Waals surface area contributed by atoms with Crippen molar-refractivity contribution in [1.82, 2.24) is 10.3 Å². The molecule has 0 spiro atoms. The van der Waals surface area contributed by atoms with Crippen LogP contribution in [0.5, 0.6) is 23.0 Å². The summed E-state index contributed by atoms with van der Waals surface area (Å²) in [5, 5.41) is 5.56. The molecule has 30 heavy (non-hydrogen) atoms. The molecule has 0 fully saturated rings. The van der Waals surface area contributed by atoms with E-state index in [4.69, 9.17) is 18.9 Å². The van der Waals surface area contributed by atoms with Crippen molar-refractivity contribution in [3.05, 3.63) is 64.1 Å². The molecule has 0 saturated carbocycles. The lowest BCUT2D eigenvalue weighted by Gasteiger charge is -2.08. The summed E-state index contributed by atoms with van der Waals surface area (Å²) in [5.41, 5.74) is 1.92. The minimum atomic E-state index is -0.0967. The summed E-state index contributed by atoms with van der Waals surface area (Å²) in [4.78, 5) is 16.6. The molecule has 0 radical (unpaired) electrons. The van der Waals surface area contributed by atoms with Crippen LogP contribution in [0.4, 0.5) is 0 Å². The predicted molar refractivity (Wildman–Crippen MR) is 112 cm³/mol. The Morgan fingerprint density at radius 2 is 1.90 bits per heavy atom. The Labute approximate surface area is 178 Å². The smallest absolute Gasteiger partial charge is 0.231 e. The van der Waals surface area contributed by atoms with Crippen LogP contribution in [0.15, 0.2) is 47.8 Å². The van der Waals surface area contributed by atoms with E-state index >= 15 is 0 Å². The van der Waals surface area contributed by atoms with Gasteiger partial charge in [-0.3, -0.25) is 4.79 Å². The Bertz CT molecular complexity index is 1000. The highest BCUT2D eigenvalue weighted by molar-refractivity contribution is 7.09. The SMILES string of the molecule is Cc1ccc(OCc2nc(CC(=O)NCCOc3ccc4c(c3)OCO4)cs2)cc1. The Hall–Kier alpha value is -3.26. The van der Waals surface area contributed by atoms with E-state index in [1.54, 1.807) is 12.1 Å². The van der Waals surface area contributed by atoms with Crippen LogP contribution in [-0.2, 0) is 17.8 Å². The Morgan fingerprint density at radius 3 is 2.77 bits per heavy atom. The molecule has 2 aromatic carbocycles. The van der Waals surface area contributed by atoms with Crippen LogP contribution in [0.1, 0.15) is 16.3 Å². The summed E-state index contributed by atoms with van der Waals surface area (Å²) in [7, 11) is 0. The summed E-state index contributed by atoms with van der Waals surface area (Å²) in [6, 6.07) is 13.3. The van der Waals surface area contributed by atoms with Crippen LogP contribution >= 0.6 is 11.3 Å². The van der Waals surface area contributed by atoms with Gasteiger partial charge in [-0.1, -0.05) is 17.7 Å². The lowest BCUT2D eigenvalue weighted by molar-refractivity contribution is -0.120. The van der Waals surface area contributed by atoms with Crippen LogP contribution < -0.4 is 24.3 Å². The van der Waals surface area contributed by atoms with Gasteiger partial charge in [-0.05, 0) is 31.2 Å². The number of hydrogen-bond acceptors (Lipinski definition) is 7. The maximum absolute atomic E-state index is 12.1. The highest BCUT2D eigenvalue weighted by atomic mass is 32.1. The van der Waals surface area contributed by atoms with Crippen molar-refractivity contribution < 1.29 is 23.7 Å². The number of nitrogens with zero attached hydrogens (tertiary/aromatic N) is 1. The lowest BCUT2D eigenvalue weighted by Crippen LogP contribution is -2.29. The van der Waals surface area contributed by atoms with Crippen molar-refractivity contribution in [2.24, 2.45) is 0 Å². The fraction of sp³-hybridized carbons (Fsp3) is 0.273. The second kappa shape index (κ2) is 9.49. The highest BCUT2D eigenvalue weighted by Gasteiger charge is 2.13. The van der Waals surface area contributed by atoms with Gasteiger partial charge in [0.25, 0.3) is 0 Å². The first-order valence-electron chi connectivity index (χ1n) is 9.57. The maximum Gasteiger partial charge on any atom is 0.231 e. The van der Waals surface area contributed by atoms with Gasteiger partial charge in [-0.2, -0.15) is 0 Å². The first-order chi connectivity index (χ1) is 14.7. The number of rotatable bonds is 9. The van der Waals surface area contributed by atoms with Crippen LogP contribution in [0.25, 0.3) is 0 Å². The fourth-order valence-corrected chi connectivity index (χ4v) is 3.53. The van der Waals surface area contributed by atoms with Gasteiger partial charge in [0, 0.05) is 11.4 Å². The van der Waals surface area contributed by atoms with Gasteiger partial charge in [0.05, 0.1) is 18.7 Å². The van der Waals surface area contributed by atoms with Gasteiger partial charge < -0.3 is 24.3 Å². The van der Waals surface area contributed by atoms with E-state index in [1.807, 2.05) is 42.6 Å². The molecule has 8 heteroatoms. The van der Waals surface area contributed by atoms with E-state index in [1.165, 1.54) is 16.9 Å². The van der Waals surface area contributed by atoms with Crippen molar-refractivity contribution in [3.63, 3.8) is 0 Å². The molecule has 1 amide bonds. The second-order valence-corrected chi connectivity index (χ2v) is 7.67. The first kappa shape index (κ1) is 20.0. The molecule has 1 N–H and O–H groups in total. The van der Waals surface area contributed by atoms with Gasteiger partial charge in [0.2, 0.25) is 12.7 Å². The number of hydrogen-bond donors (Lipinski definition) is 1. The van der Waals surface area contributed by atoms with E-state index in [0.717, 1.165) is 16.5 Å². The minimum Gasteiger partial charge on any atom is -0.492 e.